The number of piperidine rings is 1. The van der Waals surface area contributed by atoms with Gasteiger partial charge in [0.15, 0.2) is 0 Å². The number of Topliss-reactive ketones (excluding diaryl/α,β-unsaturated/α-hetero) is 1. The Bertz CT molecular complexity index is 723. The molecule has 1 saturated heterocycles. The van der Waals surface area contributed by atoms with Crippen molar-refractivity contribution >= 4 is 29.2 Å². The maximum atomic E-state index is 13.7. The molecule has 0 spiro atoms. The van der Waals surface area contributed by atoms with Crippen LogP contribution in [0.25, 0.3) is 0 Å². The number of hydrogen-bond donors (Lipinski definition) is 3. The van der Waals surface area contributed by atoms with Gasteiger partial charge in [0.25, 0.3) is 0 Å². The van der Waals surface area contributed by atoms with Gasteiger partial charge in [0.1, 0.15) is 18.6 Å². The normalized spacial score (nSPS) is 40.5. The summed E-state index contributed by atoms with van der Waals surface area (Å²) in [5.41, 5.74) is -0.684. The van der Waals surface area contributed by atoms with E-state index < -0.39 is 11.5 Å². The number of amides is 2. The molecule has 5 aliphatic rings. The maximum absolute atomic E-state index is 13.7. The summed E-state index contributed by atoms with van der Waals surface area (Å²) >= 11 is 5.88. The minimum atomic E-state index is -1.09. The lowest BCUT2D eigenvalue weighted by Gasteiger charge is -2.69. The minimum absolute atomic E-state index is 0.0348. The van der Waals surface area contributed by atoms with Crippen molar-refractivity contribution in [3.8, 4) is 0 Å². The molecule has 5 fully saturated rings. The summed E-state index contributed by atoms with van der Waals surface area (Å²) in [5, 5.41) is 8.95. The van der Waals surface area contributed by atoms with Crippen molar-refractivity contribution in [3.05, 3.63) is 0 Å². The van der Waals surface area contributed by atoms with Gasteiger partial charge < -0.3 is 15.4 Å². The van der Waals surface area contributed by atoms with Gasteiger partial charge in [0.2, 0.25) is 11.8 Å². The molecule has 2 bridgehead atoms. The van der Waals surface area contributed by atoms with Crippen LogP contribution >= 0.6 is 11.6 Å². The number of ether oxygens (including phenoxy) is 1. The van der Waals surface area contributed by atoms with Crippen LogP contribution in [0.1, 0.15) is 71.1 Å². The largest absolute Gasteiger partial charge is 0.368 e. The Morgan fingerprint density at radius 1 is 1.16 bits per heavy atom. The van der Waals surface area contributed by atoms with Crippen LogP contribution in [0.15, 0.2) is 0 Å². The van der Waals surface area contributed by atoms with Crippen molar-refractivity contribution < 1.29 is 23.5 Å². The van der Waals surface area contributed by atoms with Gasteiger partial charge in [0, 0.05) is 30.8 Å². The van der Waals surface area contributed by atoms with E-state index in [2.05, 4.69) is 16.0 Å². The molecule has 5 unspecified atom stereocenters. The molecular weight excluding hydrogens is 437 g/mol. The molecule has 2 amide bonds. The van der Waals surface area contributed by atoms with E-state index in [4.69, 9.17) is 16.3 Å². The fourth-order valence-electron chi connectivity index (χ4n) is 5.90. The van der Waals surface area contributed by atoms with Crippen LogP contribution in [0.2, 0.25) is 0 Å². The minimum Gasteiger partial charge on any atom is -0.368 e. The van der Waals surface area contributed by atoms with Crippen LogP contribution < -0.4 is 16.0 Å². The van der Waals surface area contributed by atoms with Crippen molar-refractivity contribution in [2.24, 2.45) is 11.3 Å². The van der Waals surface area contributed by atoms with Crippen LogP contribution in [0.5, 0.6) is 0 Å². The highest BCUT2D eigenvalue weighted by Crippen LogP contribution is 2.67. The summed E-state index contributed by atoms with van der Waals surface area (Å²) in [6, 6.07) is 0. The predicted octanol–water partition coefficient (Wildman–Crippen LogP) is 2.35. The second-order valence-electron chi connectivity index (χ2n) is 10.3. The monoisotopic (exact) mass is 471 g/mol. The van der Waals surface area contributed by atoms with Gasteiger partial charge in [-0.2, -0.15) is 0 Å². The van der Waals surface area contributed by atoms with Gasteiger partial charge >= 0.3 is 0 Å². The zero-order chi connectivity index (χ0) is 22.9. The van der Waals surface area contributed by atoms with Gasteiger partial charge in [0.05, 0.1) is 23.1 Å². The fourth-order valence-corrected chi connectivity index (χ4v) is 6.13. The molecule has 0 radical (unpaired) electrons. The molecule has 0 aromatic rings. The van der Waals surface area contributed by atoms with E-state index in [1.165, 1.54) is 0 Å². The third-order valence-electron chi connectivity index (χ3n) is 7.68. The summed E-state index contributed by atoms with van der Waals surface area (Å²) in [4.78, 5) is 37.1. The van der Waals surface area contributed by atoms with Crippen LogP contribution in [0.4, 0.5) is 4.39 Å². The molecule has 0 aromatic carbocycles. The molecule has 180 valence electrons. The molecule has 5 atom stereocenters. The number of hydrogen-bond acceptors (Lipinski definition) is 5. The average Bonchev–Trinajstić information content (AvgIpc) is 2.71. The number of alkyl halides is 2. The highest BCUT2D eigenvalue weighted by Gasteiger charge is 2.72. The molecule has 4 saturated carbocycles. The quantitative estimate of drug-likeness (QED) is 0.448. The van der Waals surface area contributed by atoms with Crippen molar-refractivity contribution in [3.63, 3.8) is 0 Å². The number of carbonyl (C=O) groups is 3. The van der Waals surface area contributed by atoms with Gasteiger partial charge in [-0.3, -0.25) is 19.7 Å². The van der Waals surface area contributed by atoms with E-state index in [0.29, 0.717) is 50.9 Å². The van der Waals surface area contributed by atoms with Crippen molar-refractivity contribution in [2.45, 2.75) is 100 Å². The van der Waals surface area contributed by atoms with E-state index in [0.717, 1.165) is 19.3 Å². The highest BCUT2D eigenvalue weighted by molar-refractivity contribution is 6.21. The van der Waals surface area contributed by atoms with Crippen molar-refractivity contribution in [2.75, 3.05) is 13.2 Å². The van der Waals surface area contributed by atoms with E-state index >= 15 is 0 Å². The standard InChI is InChI=1S/C23H35ClFN3O4/c1-2-3-18(29)14-4-7-19(26-9-14)27-21(31)22-11-23(12-22,13-22)28-20(30)10-32-15-5-6-16(24)17(25)8-15/h14-17,19,26H,2-13H2,1H3,(H,27,31)(H,28,30). The SMILES string of the molecule is CCCC(=O)C1CCC(NC(=O)C23CC(NC(=O)COC4CCC(Cl)C(F)C4)(C2)C3)NC1. The average molecular weight is 472 g/mol. The van der Waals surface area contributed by atoms with Crippen LogP contribution in [0, 0.1) is 11.3 Å². The molecular formula is C23H35ClFN3O4. The third kappa shape index (κ3) is 4.97. The Morgan fingerprint density at radius 3 is 2.53 bits per heavy atom. The van der Waals surface area contributed by atoms with E-state index in [9.17, 15) is 18.8 Å². The molecule has 4 aliphatic carbocycles. The van der Waals surface area contributed by atoms with E-state index in [1.54, 1.807) is 0 Å². The first-order valence-electron chi connectivity index (χ1n) is 12.0. The number of carbonyl (C=O) groups excluding carboxylic acids is 3. The molecule has 1 aliphatic heterocycles. The number of halogens is 2. The van der Waals surface area contributed by atoms with Crippen LogP contribution in [0.3, 0.4) is 0 Å². The smallest absolute Gasteiger partial charge is 0.246 e. The lowest BCUT2D eigenvalue weighted by atomic mass is 9.39. The Hall–Kier alpha value is -1.25. The number of ketones is 1. The second kappa shape index (κ2) is 9.55. The molecule has 5 rings (SSSR count). The molecule has 32 heavy (non-hydrogen) atoms. The molecule has 0 aromatic heterocycles. The summed E-state index contributed by atoms with van der Waals surface area (Å²) in [7, 11) is 0. The summed E-state index contributed by atoms with van der Waals surface area (Å²) in [6.45, 7) is 2.54. The van der Waals surface area contributed by atoms with Gasteiger partial charge in [-0.05, 0) is 51.4 Å². The molecule has 3 N–H and O–H groups in total. The fraction of sp³-hybridized carbons (Fsp3) is 0.870. The Balaban J connectivity index is 1.13. The summed E-state index contributed by atoms with van der Waals surface area (Å²) in [6.07, 6.45) is 5.00. The van der Waals surface area contributed by atoms with E-state index in [-0.39, 0.29) is 54.0 Å². The topological polar surface area (TPSA) is 96.5 Å². The number of rotatable bonds is 9. The zero-order valence-electron chi connectivity index (χ0n) is 18.8. The Labute approximate surface area is 193 Å². The van der Waals surface area contributed by atoms with Crippen molar-refractivity contribution in [1.29, 1.82) is 0 Å². The van der Waals surface area contributed by atoms with Crippen molar-refractivity contribution in [1.82, 2.24) is 16.0 Å². The lowest BCUT2D eigenvalue weighted by Crippen LogP contribution is -2.79. The molecule has 1 heterocycles. The van der Waals surface area contributed by atoms with E-state index in [1.807, 2.05) is 6.92 Å². The predicted molar refractivity (Wildman–Crippen MR) is 118 cm³/mol. The number of nitrogens with one attached hydrogen (secondary N) is 3. The Morgan fingerprint density at radius 2 is 1.91 bits per heavy atom. The summed E-state index contributed by atoms with van der Waals surface area (Å²) in [5.74, 6) is 0.188. The molecule has 9 heteroatoms. The van der Waals surface area contributed by atoms with Crippen LogP contribution in [-0.2, 0) is 19.1 Å². The third-order valence-corrected chi connectivity index (χ3v) is 8.17. The second-order valence-corrected chi connectivity index (χ2v) is 10.9. The highest BCUT2D eigenvalue weighted by atomic mass is 35.5. The molecule has 7 nitrogen and oxygen atoms in total. The lowest BCUT2D eigenvalue weighted by molar-refractivity contribution is -0.185. The first kappa shape index (κ1) is 23.9. The first-order valence-corrected chi connectivity index (χ1v) is 12.5. The first-order chi connectivity index (χ1) is 15.2. The van der Waals surface area contributed by atoms with Gasteiger partial charge in [-0.25, -0.2) is 4.39 Å². The van der Waals surface area contributed by atoms with Gasteiger partial charge in [-0.1, -0.05) is 6.92 Å². The summed E-state index contributed by atoms with van der Waals surface area (Å²) < 4.78 is 19.3. The Kier molecular flexibility index (Phi) is 7.13. The maximum Gasteiger partial charge on any atom is 0.246 e. The van der Waals surface area contributed by atoms with Gasteiger partial charge in [-0.15, -0.1) is 11.6 Å². The van der Waals surface area contributed by atoms with Crippen LogP contribution in [-0.4, -0.2) is 60.1 Å². The zero-order valence-corrected chi connectivity index (χ0v) is 19.5.